The summed E-state index contributed by atoms with van der Waals surface area (Å²) in [4.78, 5) is 12.3. The Morgan fingerprint density at radius 2 is 1.81 bits per heavy atom. The van der Waals surface area contributed by atoms with E-state index in [1.807, 2.05) is 6.92 Å². The van der Waals surface area contributed by atoms with Crippen molar-refractivity contribution in [1.29, 1.82) is 0 Å². The molecule has 26 heavy (non-hydrogen) atoms. The molecule has 0 spiro atoms. The minimum atomic E-state index is -3.63. The Balaban J connectivity index is 1.88. The van der Waals surface area contributed by atoms with Gasteiger partial charge in [-0.1, -0.05) is 42.6 Å². The second-order valence-electron chi connectivity index (χ2n) is 5.46. The smallest absolute Gasteiger partial charge is 0.331 e. The van der Waals surface area contributed by atoms with Crippen molar-refractivity contribution >= 4 is 34.6 Å². The van der Waals surface area contributed by atoms with Gasteiger partial charge in [-0.2, -0.15) is 0 Å². The number of para-hydroxylation sites is 2. The molecular formula is C17H21N3O4S2. The highest BCUT2D eigenvalue weighted by Gasteiger charge is 2.16. The third-order valence-corrected chi connectivity index (χ3v) is 5.39. The number of nitrogens with zero attached hydrogens (tertiary/aromatic N) is 1. The van der Waals surface area contributed by atoms with E-state index in [9.17, 15) is 13.2 Å². The fourth-order valence-corrected chi connectivity index (χ4v) is 3.29. The lowest BCUT2D eigenvalue weighted by molar-refractivity contribution is 0.239. The average Bonchev–Trinajstić information content (AvgIpc) is 2.62. The number of methoxy groups -OCH3 is 1. The summed E-state index contributed by atoms with van der Waals surface area (Å²) in [6.07, 6.45) is 0. The molecule has 7 nitrogen and oxygen atoms in total. The van der Waals surface area contributed by atoms with Gasteiger partial charge in [0, 0.05) is 13.1 Å². The predicted octanol–water partition coefficient (Wildman–Crippen LogP) is 2.66. The summed E-state index contributed by atoms with van der Waals surface area (Å²) >= 11 is 4.09. The number of hydrogen-bond donors (Lipinski definition) is 3. The lowest BCUT2D eigenvalue weighted by Crippen LogP contribution is -2.35. The highest BCUT2D eigenvalue weighted by molar-refractivity contribution is 7.89. The topological polar surface area (TPSA) is 87.7 Å². The number of anilines is 1. The molecule has 0 atom stereocenters. The summed E-state index contributed by atoms with van der Waals surface area (Å²) in [6, 6.07) is 13.0. The molecule has 2 aromatic rings. The third-order valence-electron chi connectivity index (χ3n) is 3.53. The van der Waals surface area contributed by atoms with Crippen LogP contribution in [0.4, 0.5) is 10.5 Å². The maximum Gasteiger partial charge on any atom is 0.331 e. The summed E-state index contributed by atoms with van der Waals surface area (Å²) in [5, 5.41) is 2.66. The van der Waals surface area contributed by atoms with Crippen LogP contribution < -0.4 is 14.8 Å². The zero-order valence-electron chi connectivity index (χ0n) is 14.5. The van der Waals surface area contributed by atoms with Crippen LogP contribution in [-0.4, -0.2) is 39.0 Å². The number of amides is 2. The van der Waals surface area contributed by atoms with Gasteiger partial charge in [-0.15, -0.1) is 0 Å². The number of hydrogen-bond acceptors (Lipinski definition) is 5. The van der Waals surface area contributed by atoms with Crippen molar-refractivity contribution in [2.45, 2.75) is 11.8 Å². The van der Waals surface area contributed by atoms with Crippen molar-refractivity contribution in [3.63, 3.8) is 0 Å². The van der Waals surface area contributed by atoms with Gasteiger partial charge in [-0.25, -0.2) is 17.9 Å². The van der Waals surface area contributed by atoms with Gasteiger partial charge in [0.15, 0.2) is 0 Å². The van der Waals surface area contributed by atoms with Crippen LogP contribution in [0.1, 0.15) is 5.56 Å². The van der Waals surface area contributed by atoms with Crippen LogP contribution in [0.25, 0.3) is 0 Å². The zero-order valence-corrected chi connectivity index (χ0v) is 16.2. The number of urea groups is 1. The fourth-order valence-electron chi connectivity index (χ4n) is 2.12. The maximum atomic E-state index is 12.2. The number of rotatable bonds is 7. The first-order valence-corrected chi connectivity index (χ1v) is 9.68. The molecule has 0 aliphatic carbocycles. The standard InChI is InChI=1S/C17H21N3O4S2/c1-13-7-9-14(10-8-13)26(22,23)18-11-12-20(25)17(21)19-15-5-3-4-6-16(15)24-2/h3-10,18,25H,11-12H2,1-2H3,(H,19,21). The Bertz CT molecular complexity index is 855. The quantitative estimate of drug-likeness (QED) is 0.629. The minimum Gasteiger partial charge on any atom is -0.495 e. The zero-order chi connectivity index (χ0) is 19.2. The van der Waals surface area contributed by atoms with E-state index in [0.29, 0.717) is 11.4 Å². The van der Waals surface area contributed by atoms with Crippen molar-refractivity contribution in [2.75, 3.05) is 25.5 Å². The molecule has 2 rings (SSSR count). The van der Waals surface area contributed by atoms with Crippen molar-refractivity contribution in [3.8, 4) is 5.75 Å². The van der Waals surface area contributed by atoms with Gasteiger partial charge < -0.3 is 10.1 Å². The molecule has 0 heterocycles. The van der Waals surface area contributed by atoms with E-state index in [1.165, 1.54) is 19.2 Å². The first-order valence-electron chi connectivity index (χ1n) is 7.80. The van der Waals surface area contributed by atoms with Gasteiger partial charge in [0.2, 0.25) is 10.0 Å². The van der Waals surface area contributed by atoms with E-state index in [-0.39, 0.29) is 18.0 Å². The fraction of sp³-hybridized carbons (Fsp3) is 0.235. The number of aryl methyl sites for hydroxylation is 1. The molecule has 2 N–H and O–H groups in total. The first kappa shape index (κ1) is 20.1. The number of benzene rings is 2. The monoisotopic (exact) mass is 395 g/mol. The van der Waals surface area contributed by atoms with Gasteiger partial charge >= 0.3 is 6.03 Å². The summed E-state index contributed by atoms with van der Waals surface area (Å²) in [5.74, 6) is 0.516. The lowest BCUT2D eigenvalue weighted by Gasteiger charge is -2.18. The summed E-state index contributed by atoms with van der Waals surface area (Å²) < 4.78 is 33.1. The van der Waals surface area contributed by atoms with Gasteiger partial charge in [0.1, 0.15) is 5.75 Å². The number of nitrogens with one attached hydrogen (secondary N) is 2. The molecule has 0 aromatic heterocycles. The normalized spacial score (nSPS) is 11.0. The van der Waals surface area contributed by atoms with E-state index in [1.54, 1.807) is 36.4 Å². The lowest BCUT2D eigenvalue weighted by atomic mass is 10.2. The molecule has 0 aliphatic heterocycles. The Labute approximate surface area is 158 Å². The first-order chi connectivity index (χ1) is 12.3. The van der Waals surface area contributed by atoms with Crippen molar-refractivity contribution in [3.05, 3.63) is 54.1 Å². The third kappa shape index (κ3) is 5.38. The summed E-state index contributed by atoms with van der Waals surface area (Å²) in [5.41, 5.74) is 1.47. The van der Waals surface area contributed by atoms with Crippen LogP contribution in [0.3, 0.4) is 0 Å². The van der Waals surface area contributed by atoms with Gasteiger partial charge in [0.05, 0.1) is 17.7 Å². The second kappa shape index (κ2) is 8.93. The van der Waals surface area contributed by atoms with Crippen molar-refractivity contribution < 1.29 is 17.9 Å². The molecule has 2 aromatic carbocycles. The summed E-state index contributed by atoms with van der Waals surface area (Å²) in [7, 11) is -2.13. The van der Waals surface area contributed by atoms with E-state index < -0.39 is 16.1 Å². The van der Waals surface area contributed by atoms with E-state index in [0.717, 1.165) is 9.87 Å². The van der Waals surface area contributed by atoms with Crippen LogP contribution in [0.15, 0.2) is 53.4 Å². The molecule has 0 fully saturated rings. The molecule has 0 saturated heterocycles. The van der Waals surface area contributed by atoms with Gasteiger partial charge in [-0.3, -0.25) is 4.31 Å². The molecule has 2 amide bonds. The molecule has 9 heteroatoms. The van der Waals surface area contributed by atoms with Crippen molar-refractivity contribution in [1.82, 2.24) is 9.03 Å². The molecular weight excluding hydrogens is 374 g/mol. The average molecular weight is 396 g/mol. The van der Waals surface area contributed by atoms with Gasteiger partial charge in [0.25, 0.3) is 0 Å². The Kier molecular flexibility index (Phi) is 6.90. The minimum absolute atomic E-state index is 0.0268. The largest absolute Gasteiger partial charge is 0.495 e. The van der Waals surface area contributed by atoms with Gasteiger partial charge in [-0.05, 0) is 31.2 Å². The van der Waals surface area contributed by atoms with Crippen LogP contribution in [0, 0.1) is 6.92 Å². The van der Waals surface area contributed by atoms with Crippen LogP contribution in [-0.2, 0) is 10.0 Å². The second-order valence-corrected chi connectivity index (χ2v) is 7.71. The Morgan fingerprint density at radius 3 is 2.46 bits per heavy atom. The molecule has 0 unspecified atom stereocenters. The van der Waals surface area contributed by atoms with E-state index >= 15 is 0 Å². The molecule has 0 aliphatic rings. The predicted molar refractivity (Wildman–Crippen MR) is 104 cm³/mol. The highest BCUT2D eigenvalue weighted by atomic mass is 32.2. The van der Waals surface area contributed by atoms with E-state index in [2.05, 4.69) is 22.9 Å². The number of ether oxygens (including phenoxy) is 1. The number of thiol groups is 1. The maximum absolute atomic E-state index is 12.2. The highest BCUT2D eigenvalue weighted by Crippen LogP contribution is 2.23. The van der Waals surface area contributed by atoms with Crippen molar-refractivity contribution in [2.24, 2.45) is 0 Å². The molecule has 0 saturated carbocycles. The molecule has 140 valence electrons. The number of carbonyl (C=O) groups is 1. The summed E-state index contributed by atoms with van der Waals surface area (Å²) in [6.45, 7) is 1.98. The van der Waals surface area contributed by atoms with E-state index in [4.69, 9.17) is 4.74 Å². The van der Waals surface area contributed by atoms with Crippen LogP contribution >= 0.6 is 12.8 Å². The SMILES string of the molecule is COc1ccccc1NC(=O)N(S)CCNS(=O)(=O)c1ccc(C)cc1. The van der Waals surface area contributed by atoms with Crippen LogP contribution in [0.2, 0.25) is 0 Å². The molecule has 0 bridgehead atoms. The Hall–Kier alpha value is -2.23. The Morgan fingerprint density at radius 1 is 1.15 bits per heavy atom. The number of sulfonamides is 1. The molecule has 0 radical (unpaired) electrons. The number of carbonyl (C=O) groups excluding carboxylic acids is 1. The van der Waals surface area contributed by atoms with Crippen LogP contribution in [0.5, 0.6) is 5.75 Å².